The molecule has 1 aromatic heterocycles. The van der Waals surface area contributed by atoms with E-state index in [1.807, 2.05) is 24.3 Å². The molecule has 3 rings (SSSR count). The van der Waals surface area contributed by atoms with Crippen molar-refractivity contribution in [2.45, 2.75) is 13.3 Å². The van der Waals surface area contributed by atoms with Gasteiger partial charge in [0.1, 0.15) is 0 Å². The molecule has 1 aliphatic heterocycles. The van der Waals surface area contributed by atoms with Crippen molar-refractivity contribution in [2.75, 3.05) is 24.6 Å². The summed E-state index contributed by atoms with van der Waals surface area (Å²) in [6.07, 6.45) is 1.03. The van der Waals surface area contributed by atoms with E-state index in [2.05, 4.69) is 34.2 Å². The second kappa shape index (κ2) is 5.59. The number of rotatable bonds is 3. The fraction of sp³-hybridized carbons (Fsp3) is 0.375. The van der Waals surface area contributed by atoms with Crippen molar-refractivity contribution in [3.63, 3.8) is 0 Å². The molecule has 1 atom stereocenters. The minimum atomic E-state index is 0.255. The molecule has 2 heterocycles. The molecule has 2 aromatic rings. The SMILES string of the molecule is Cc1cccc(-c2ccc(N3CCC(CO)C3)nn2)c1. The van der Waals surface area contributed by atoms with Crippen LogP contribution in [-0.4, -0.2) is 35.0 Å². The van der Waals surface area contributed by atoms with Gasteiger partial charge in [-0.2, -0.15) is 0 Å². The number of aryl methyl sites for hydroxylation is 1. The van der Waals surface area contributed by atoms with E-state index < -0.39 is 0 Å². The molecule has 0 amide bonds. The van der Waals surface area contributed by atoms with E-state index in [9.17, 15) is 5.11 Å². The molecule has 1 unspecified atom stereocenters. The molecule has 1 fully saturated rings. The third-order valence-electron chi connectivity index (χ3n) is 3.83. The molecule has 4 nitrogen and oxygen atoms in total. The zero-order valence-corrected chi connectivity index (χ0v) is 11.7. The van der Waals surface area contributed by atoms with Gasteiger partial charge in [0, 0.05) is 31.2 Å². The molecule has 0 aliphatic carbocycles. The molecule has 1 saturated heterocycles. The molecular formula is C16H19N3O. The summed E-state index contributed by atoms with van der Waals surface area (Å²) in [5, 5.41) is 17.8. The Bertz CT molecular complexity index is 583. The van der Waals surface area contributed by atoms with Crippen LogP contribution in [0.4, 0.5) is 5.82 Å². The van der Waals surface area contributed by atoms with Gasteiger partial charge in [-0.25, -0.2) is 0 Å². The second-order valence-corrected chi connectivity index (χ2v) is 5.43. The predicted molar refractivity (Wildman–Crippen MR) is 79.6 cm³/mol. The molecule has 104 valence electrons. The second-order valence-electron chi connectivity index (χ2n) is 5.43. The molecule has 1 N–H and O–H groups in total. The molecule has 0 bridgehead atoms. The van der Waals surface area contributed by atoms with Gasteiger partial charge in [0.25, 0.3) is 0 Å². The average molecular weight is 269 g/mol. The maximum Gasteiger partial charge on any atom is 0.151 e. The molecule has 1 aliphatic rings. The van der Waals surface area contributed by atoms with Gasteiger partial charge >= 0.3 is 0 Å². The number of benzene rings is 1. The van der Waals surface area contributed by atoms with Gasteiger partial charge in [0.15, 0.2) is 5.82 Å². The number of aliphatic hydroxyl groups excluding tert-OH is 1. The smallest absolute Gasteiger partial charge is 0.151 e. The third kappa shape index (κ3) is 2.65. The van der Waals surface area contributed by atoms with Crippen LogP contribution in [0.25, 0.3) is 11.3 Å². The Labute approximate surface area is 119 Å². The highest BCUT2D eigenvalue weighted by atomic mass is 16.3. The zero-order valence-electron chi connectivity index (χ0n) is 11.7. The summed E-state index contributed by atoms with van der Waals surface area (Å²) in [6, 6.07) is 12.3. The number of aromatic nitrogens is 2. The number of aliphatic hydroxyl groups is 1. The van der Waals surface area contributed by atoms with Crippen LogP contribution < -0.4 is 4.90 Å². The van der Waals surface area contributed by atoms with Gasteiger partial charge in [-0.15, -0.1) is 10.2 Å². The van der Waals surface area contributed by atoms with E-state index in [0.717, 1.165) is 36.6 Å². The lowest BCUT2D eigenvalue weighted by Crippen LogP contribution is -2.21. The van der Waals surface area contributed by atoms with E-state index in [1.54, 1.807) is 0 Å². The van der Waals surface area contributed by atoms with Crippen molar-refractivity contribution in [1.82, 2.24) is 10.2 Å². The molecule has 1 aromatic carbocycles. The largest absolute Gasteiger partial charge is 0.396 e. The van der Waals surface area contributed by atoms with Crippen molar-refractivity contribution < 1.29 is 5.11 Å². The lowest BCUT2D eigenvalue weighted by atomic mass is 10.1. The first-order valence-corrected chi connectivity index (χ1v) is 7.03. The van der Waals surface area contributed by atoms with E-state index in [-0.39, 0.29) is 6.61 Å². The van der Waals surface area contributed by atoms with Crippen LogP contribution in [0.15, 0.2) is 36.4 Å². The Morgan fingerprint density at radius 3 is 2.80 bits per heavy atom. The van der Waals surface area contributed by atoms with Gasteiger partial charge in [-0.3, -0.25) is 0 Å². The topological polar surface area (TPSA) is 49.2 Å². The molecule has 4 heteroatoms. The first-order chi connectivity index (χ1) is 9.76. The lowest BCUT2D eigenvalue weighted by Gasteiger charge is -2.16. The first kappa shape index (κ1) is 13.1. The van der Waals surface area contributed by atoms with Crippen LogP contribution in [0.1, 0.15) is 12.0 Å². The Kier molecular flexibility index (Phi) is 3.65. The number of anilines is 1. The summed E-state index contributed by atoms with van der Waals surface area (Å²) in [7, 11) is 0. The van der Waals surface area contributed by atoms with Crippen LogP contribution in [0.3, 0.4) is 0 Å². The Morgan fingerprint density at radius 1 is 1.25 bits per heavy atom. The van der Waals surface area contributed by atoms with Crippen LogP contribution in [0.2, 0.25) is 0 Å². The minimum Gasteiger partial charge on any atom is -0.396 e. The zero-order chi connectivity index (χ0) is 13.9. The van der Waals surface area contributed by atoms with E-state index in [0.29, 0.717) is 5.92 Å². The highest BCUT2D eigenvalue weighted by Gasteiger charge is 2.22. The monoisotopic (exact) mass is 269 g/mol. The number of hydrogen-bond donors (Lipinski definition) is 1. The van der Waals surface area contributed by atoms with Crippen molar-refractivity contribution >= 4 is 5.82 Å². The van der Waals surface area contributed by atoms with Gasteiger partial charge in [0.2, 0.25) is 0 Å². The molecule has 0 saturated carbocycles. The van der Waals surface area contributed by atoms with Gasteiger partial charge < -0.3 is 10.0 Å². The number of nitrogens with zero attached hydrogens (tertiary/aromatic N) is 3. The summed E-state index contributed by atoms with van der Waals surface area (Å²) < 4.78 is 0. The highest BCUT2D eigenvalue weighted by Crippen LogP contribution is 2.23. The molecule has 0 spiro atoms. The van der Waals surface area contributed by atoms with Crippen LogP contribution in [0.5, 0.6) is 0 Å². The predicted octanol–water partition coefficient (Wildman–Crippen LogP) is 2.27. The molecule has 20 heavy (non-hydrogen) atoms. The van der Waals surface area contributed by atoms with Crippen LogP contribution in [-0.2, 0) is 0 Å². The van der Waals surface area contributed by atoms with Crippen LogP contribution >= 0.6 is 0 Å². The van der Waals surface area contributed by atoms with Gasteiger partial charge in [0.05, 0.1) is 5.69 Å². The van der Waals surface area contributed by atoms with E-state index in [1.165, 1.54) is 5.56 Å². The van der Waals surface area contributed by atoms with Crippen LogP contribution in [0, 0.1) is 12.8 Å². The van der Waals surface area contributed by atoms with Crippen molar-refractivity contribution in [1.29, 1.82) is 0 Å². The quantitative estimate of drug-likeness (QED) is 0.928. The van der Waals surface area contributed by atoms with Gasteiger partial charge in [-0.05, 0) is 31.5 Å². The Hall–Kier alpha value is -1.94. The van der Waals surface area contributed by atoms with Crippen molar-refractivity contribution in [3.8, 4) is 11.3 Å². The standard InChI is InChI=1S/C16H19N3O/c1-12-3-2-4-14(9-12)15-5-6-16(18-17-15)19-8-7-13(10-19)11-20/h2-6,9,13,20H,7-8,10-11H2,1H3. The summed E-state index contributed by atoms with van der Waals surface area (Å²) in [5.41, 5.74) is 3.22. The number of hydrogen-bond acceptors (Lipinski definition) is 4. The van der Waals surface area contributed by atoms with E-state index >= 15 is 0 Å². The minimum absolute atomic E-state index is 0.255. The molecular weight excluding hydrogens is 250 g/mol. The third-order valence-corrected chi connectivity index (χ3v) is 3.83. The molecule has 0 radical (unpaired) electrons. The summed E-state index contributed by atoms with van der Waals surface area (Å²) in [4.78, 5) is 2.19. The first-order valence-electron chi connectivity index (χ1n) is 7.03. The lowest BCUT2D eigenvalue weighted by molar-refractivity contribution is 0.238. The summed E-state index contributed by atoms with van der Waals surface area (Å²) in [6.45, 7) is 4.15. The fourth-order valence-corrected chi connectivity index (χ4v) is 2.64. The average Bonchev–Trinajstić information content (AvgIpc) is 2.96. The maximum absolute atomic E-state index is 9.19. The fourth-order valence-electron chi connectivity index (χ4n) is 2.64. The van der Waals surface area contributed by atoms with Gasteiger partial charge in [-0.1, -0.05) is 23.8 Å². The maximum atomic E-state index is 9.19. The highest BCUT2D eigenvalue weighted by molar-refractivity contribution is 5.60. The van der Waals surface area contributed by atoms with E-state index in [4.69, 9.17) is 0 Å². The Morgan fingerprint density at radius 2 is 2.15 bits per heavy atom. The normalized spacial score (nSPS) is 18.5. The Balaban J connectivity index is 1.78. The summed E-state index contributed by atoms with van der Waals surface area (Å²) in [5.74, 6) is 1.27. The van der Waals surface area contributed by atoms with Crippen molar-refractivity contribution in [2.24, 2.45) is 5.92 Å². The van der Waals surface area contributed by atoms with Crippen molar-refractivity contribution in [3.05, 3.63) is 42.0 Å². The summed E-state index contributed by atoms with van der Waals surface area (Å²) >= 11 is 0.